The summed E-state index contributed by atoms with van der Waals surface area (Å²) in [6, 6.07) is 8.44. The van der Waals surface area contributed by atoms with Crippen LogP contribution in [0, 0.1) is 0 Å². The van der Waals surface area contributed by atoms with E-state index in [1.165, 1.54) is 24.8 Å². The highest BCUT2D eigenvalue weighted by Gasteiger charge is 2.22. The number of allylic oxidation sites excluding steroid dienone is 1. The monoisotopic (exact) mass is 246 g/mol. The van der Waals surface area contributed by atoms with Gasteiger partial charge in [0.15, 0.2) is 0 Å². The fourth-order valence-electron chi connectivity index (χ4n) is 1.90. The van der Waals surface area contributed by atoms with E-state index in [0.29, 0.717) is 12.7 Å². The molecule has 1 aromatic rings. The molecule has 2 heteroatoms. The first-order valence-electron chi connectivity index (χ1n) is 6.83. The van der Waals surface area contributed by atoms with E-state index in [2.05, 4.69) is 30.8 Å². The van der Waals surface area contributed by atoms with Crippen LogP contribution in [0.25, 0.3) is 0 Å². The second-order valence-electron chi connectivity index (χ2n) is 4.80. The number of epoxide rings is 1. The summed E-state index contributed by atoms with van der Waals surface area (Å²) in [6.45, 7) is 5.27. The quantitative estimate of drug-likeness (QED) is 0.376. The second kappa shape index (κ2) is 7.22. The Hall–Kier alpha value is -1.28. The van der Waals surface area contributed by atoms with Crippen LogP contribution in [0.1, 0.15) is 31.2 Å². The molecule has 98 valence electrons. The maximum absolute atomic E-state index is 5.61. The van der Waals surface area contributed by atoms with Crippen molar-refractivity contribution in [3.8, 4) is 5.75 Å². The summed E-state index contributed by atoms with van der Waals surface area (Å²) in [6.07, 6.45) is 8.41. The van der Waals surface area contributed by atoms with Crippen molar-refractivity contribution in [3.63, 3.8) is 0 Å². The molecule has 0 radical (unpaired) electrons. The fourth-order valence-corrected chi connectivity index (χ4v) is 1.90. The number of aryl methyl sites for hydroxylation is 1. The number of benzene rings is 1. The van der Waals surface area contributed by atoms with E-state index in [-0.39, 0.29) is 0 Å². The lowest BCUT2D eigenvalue weighted by molar-refractivity contribution is 0.263. The van der Waals surface area contributed by atoms with Crippen LogP contribution in [0.4, 0.5) is 0 Å². The molecule has 1 aromatic carbocycles. The first-order valence-corrected chi connectivity index (χ1v) is 6.83. The number of hydrogen-bond acceptors (Lipinski definition) is 2. The summed E-state index contributed by atoms with van der Waals surface area (Å²) in [5.74, 6) is 0.945. The lowest BCUT2D eigenvalue weighted by atomic mass is 10.1. The molecule has 1 aliphatic rings. The Morgan fingerprint density at radius 1 is 1.22 bits per heavy atom. The molecule has 1 aliphatic heterocycles. The van der Waals surface area contributed by atoms with Gasteiger partial charge >= 0.3 is 0 Å². The Labute approximate surface area is 110 Å². The molecule has 0 bridgehead atoms. The lowest BCUT2D eigenvalue weighted by Gasteiger charge is -2.05. The normalized spacial score (nSPS) is 17.4. The van der Waals surface area contributed by atoms with Gasteiger partial charge in [-0.3, -0.25) is 0 Å². The van der Waals surface area contributed by atoms with E-state index in [9.17, 15) is 0 Å². The van der Waals surface area contributed by atoms with Gasteiger partial charge in [0.25, 0.3) is 0 Å². The van der Waals surface area contributed by atoms with Crippen molar-refractivity contribution < 1.29 is 9.47 Å². The van der Waals surface area contributed by atoms with Gasteiger partial charge in [-0.25, -0.2) is 0 Å². The third kappa shape index (κ3) is 4.92. The highest BCUT2D eigenvalue weighted by atomic mass is 16.6. The Bertz CT molecular complexity index is 352. The van der Waals surface area contributed by atoms with Crippen LogP contribution in [0.15, 0.2) is 36.9 Å². The maximum Gasteiger partial charge on any atom is 0.119 e. The molecule has 18 heavy (non-hydrogen) atoms. The largest absolute Gasteiger partial charge is 0.491 e. The van der Waals surface area contributed by atoms with Gasteiger partial charge in [0.1, 0.15) is 18.5 Å². The molecule has 1 atom stereocenters. The van der Waals surface area contributed by atoms with Gasteiger partial charge in [-0.15, -0.1) is 6.58 Å². The van der Waals surface area contributed by atoms with Crippen molar-refractivity contribution in [2.24, 2.45) is 0 Å². The molecule has 1 saturated heterocycles. The molecule has 0 aromatic heterocycles. The minimum absolute atomic E-state index is 0.328. The topological polar surface area (TPSA) is 21.8 Å². The standard InChI is InChI=1S/C16H22O2/c1-2-3-4-5-6-7-14-8-10-15(11-9-14)17-12-16-13-18-16/h2,8-11,16H,1,3-7,12-13H2. The van der Waals surface area contributed by atoms with Gasteiger partial charge in [0.05, 0.1) is 6.61 Å². The highest BCUT2D eigenvalue weighted by Crippen LogP contribution is 2.17. The molecule has 1 unspecified atom stereocenters. The minimum Gasteiger partial charge on any atom is -0.491 e. The first-order chi connectivity index (χ1) is 8.88. The van der Waals surface area contributed by atoms with Crippen LogP contribution < -0.4 is 4.74 Å². The summed E-state index contributed by atoms with van der Waals surface area (Å²) >= 11 is 0. The summed E-state index contributed by atoms with van der Waals surface area (Å²) in [4.78, 5) is 0. The maximum atomic E-state index is 5.61. The smallest absolute Gasteiger partial charge is 0.119 e. The molecule has 0 saturated carbocycles. The van der Waals surface area contributed by atoms with Gasteiger partial charge in [-0.05, 0) is 43.4 Å². The van der Waals surface area contributed by atoms with Crippen molar-refractivity contribution in [3.05, 3.63) is 42.5 Å². The molecule has 0 amide bonds. The van der Waals surface area contributed by atoms with Crippen molar-refractivity contribution in [1.82, 2.24) is 0 Å². The number of rotatable bonds is 9. The van der Waals surface area contributed by atoms with E-state index in [0.717, 1.165) is 25.2 Å². The van der Waals surface area contributed by atoms with Gasteiger partial charge in [0.2, 0.25) is 0 Å². The van der Waals surface area contributed by atoms with Crippen LogP contribution >= 0.6 is 0 Å². The lowest BCUT2D eigenvalue weighted by Crippen LogP contribution is -2.03. The van der Waals surface area contributed by atoms with Crippen LogP contribution in [0.2, 0.25) is 0 Å². The third-order valence-corrected chi connectivity index (χ3v) is 3.14. The van der Waals surface area contributed by atoms with Gasteiger partial charge in [-0.1, -0.05) is 24.6 Å². The summed E-state index contributed by atoms with van der Waals surface area (Å²) < 4.78 is 10.7. The minimum atomic E-state index is 0.328. The van der Waals surface area contributed by atoms with Gasteiger partial charge < -0.3 is 9.47 Å². The van der Waals surface area contributed by atoms with E-state index in [1.807, 2.05) is 6.08 Å². The third-order valence-electron chi connectivity index (χ3n) is 3.14. The van der Waals surface area contributed by atoms with E-state index in [4.69, 9.17) is 9.47 Å². The summed E-state index contributed by atoms with van der Waals surface area (Å²) in [5.41, 5.74) is 1.39. The fraction of sp³-hybridized carbons (Fsp3) is 0.500. The number of hydrogen-bond donors (Lipinski definition) is 0. The predicted octanol–water partition coefficient (Wildman–Crippen LogP) is 3.75. The number of ether oxygens (including phenoxy) is 2. The zero-order valence-electron chi connectivity index (χ0n) is 10.9. The first kappa shape index (κ1) is 13.2. The molecule has 1 heterocycles. The van der Waals surface area contributed by atoms with Crippen LogP contribution in [0.5, 0.6) is 5.75 Å². The zero-order chi connectivity index (χ0) is 12.6. The molecule has 1 fully saturated rings. The molecular weight excluding hydrogens is 224 g/mol. The average molecular weight is 246 g/mol. The average Bonchev–Trinajstić information content (AvgIpc) is 3.22. The summed E-state index contributed by atoms with van der Waals surface area (Å²) in [5, 5.41) is 0. The van der Waals surface area contributed by atoms with E-state index < -0.39 is 0 Å². The molecule has 2 nitrogen and oxygen atoms in total. The van der Waals surface area contributed by atoms with Crippen LogP contribution in [0.3, 0.4) is 0 Å². The Balaban J connectivity index is 1.64. The SMILES string of the molecule is C=CCCCCCc1ccc(OCC2CO2)cc1. The predicted molar refractivity (Wildman–Crippen MR) is 74.0 cm³/mol. The molecule has 0 spiro atoms. The van der Waals surface area contributed by atoms with Crippen molar-refractivity contribution >= 4 is 0 Å². The van der Waals surface area contributed by atoms with Crippen LogP contribution in [-0.4, -0.2) is 19.3 Å². The molecular formula is C16H22O2. The summed E-state index contributed by atoms with van der Waals surface area (Å²) in [7, 11) is 0. The van der Waals surface area contributed by atoms with E-state index >= 15 is 0 Å². The van der Waals surface area contributed by atoms with Gasteiger partial charge in [-0.2, -0.15) is 0 Å². The molecule has 0 N–H and O–H groups in total. The van der Waals surface area contributed by atoms with Crippen molar-refractivity contribution in [1.29, 1.82) is 0 Å². The van der Waals surface area contributed by atoms with Gasteiger partial charge in [0, 0.05) is 0 Å². The Morgan fingerprint density at radius 2 is 2.00 bits per heavy atom. The molecule has 2 rings (SSSR count). The van der Waals surface area contributed by atoms with Crippen molar-refractivity contribution in [2.45, 2.75) is 38.2 Å². The van der Waals surface area contributed by atoms with E-state index in [1.54, 1.807) is 0 Å². The Morgan fingerprint density at radius 3 is 2.67 bits per heavy atom. The van der Waals surface area contributed by atoms with Crippen molar-refractivity contribution in [2.75, 3.05) is 13.2 Å². The zero-order valence-corrected chi connectivity index (χ0v) is 10.9. The van der Waals surface area contributed by atoms with Crippen LogP contribution in [-0.2, 0) is 11.2 Å². The molecule has 0 aliphatic carbocycles. The Kier molecular flexibility index (Phi) is 5.28. The number of unbranched alkanes of at least 4 members (excludes halogenated alkanes) is 3. The highest BCUT2D eigenvalue weighted by molar-refractivity contribution is 5.27. The second-order valence-corrected chi connectivity index (χ2v) is 4.80.